The molecule has 0 amide bonds. The van der Waals surface area contributed by atoms with E-state index in [1.165, 1.54) is 25.7 Å². The predicted octanol–water partition coefficient (Wildman–Crippen LogP) is 5.93. The summed E-state index contributed by atoms with van der Waals surface area (Å²) in [6.45, 7) is 14.7. The predicted molar refractivity (Wildman–Crippen MR) is 85.0 cm³/mol. The van der Waals surface area contributed by atoms with Crippen LogP contribution in [0.2, 0.25) is 0 Å². The highest BCUT2D eigenvalue weighted by atomic mass is 14.4. The Balaban J connectivity index is 2.24. The maximum Gasteiger partial charge on any atom is -0.0169 e. The fourth-order valence-electron chi connectivity index (χ4n) is 5.23. The molecule has 0 nitrogen and oxygen atoms in total. The summed E-state index contributed by atoms with van der Waals surface area (Å²) in [5, 5.41) is 0. The molecular weight excluding hydrogens is 228 g/mol. The van der Waals surface area contributed by atoms with E-state index in [4.69, 9.17) is 0 Å². The number of hydrogen-bond donors (Lipinski definition) is 0. The molecule has 0 aromatic rings. The van der Waals surface area contributed by atoms with E-state index in [1.807, 2.05) is 0 Å². The van der Waals surface area contributed by atoms with Crippen LogP contribution >= 0.6 is 0 Å². The van der Waals surface area contributed by atoms with E-state index in [2.05, 4.69) is 47.6 Å². The van der Waals surface area contributed by atoms with E-state index in [0.717, 1.165) is 41.4 Å². The number of allylic oxidation sites excluding steroid dienone is 2. The molecule has 1 fully saturated rings. The van der Waals surface area contributed by atoms with Gasteiger partial charge in [-0.15, -0.1) is 0 Å². The van der Waals surface area contributed by atoms with Crippen LogP contribution in [0.5, 0.6) is 0 Å². The van der Waals surface area contributed by atoms with Crippen molar-refractivity contribution in [1.82, 2.24) is 0 Å². The first-order valence-corrected chi connectivity index (χ1v) is 8.61. The Labute approximate surface area is 121 Å². The van der Waals surface area contributed by atoms with Gasteiger partial charge in [-0.25, -0.2) is 0 Å². The molecule has 2 aliphatic rings. The molecule has 7 unspecified atom stereocenters. The van der Waals surface area contributed by atoms with Crippen LogP contribution in [0.1, 0.15) is 67.2 Å². The maximum absolute atomic E-state index is 2.67. The van der Waals surface area contributed by atoms with Gasteiger partial charge in [-0.3, -0.25) is 0 Å². The van der Waals surface area contributed by atoms with Crippen molar-refractivity contribution in [2.75, 3.05) is 0 Å². The van der Waals surface area contributed by atoms with Crippen molar-refractivity contribution in [3.63, 3.8) is 0 Å². The Morgan fingerprint density at radius 1 is 1.05 bits per heavy atom. The second-order valence-electron chi connectivity index (χ2n) is 7.92. The number of hydrogen-bond acceptors (Lipinski definition) is 0. The first kappa shape index (κ1) is 15.1. The molecular formula is C19H34. The minimum atomic E-state index is 0.856. The minimum absolute atomic E-state index is 0.856. The SMILES string of the molecule is CCC1C(C)CC(C)=CC1C1CC(C)CC(C)C1C. The van der Waals surface area contributed by atoms with Crippen molar-refractivity contribution in [2.45, 2.75) is 67.2 Å². The van der Waals surface area contributed by atoms with Gasteiger partial charge < -0.3 is 0 Å². The largest absolute Gasteiger partial charge is 0.0819 e. The first-order chi connectivity index (χ1) is 8.93. The molecule has 2 aliphatic carbocycles. The van der Waals surface area contributed by atoms with Crippen molar-refractivity contribution in [1.29, 1.82) is 0 Å². The Morgan fingerprint density at radius 2 is 1.74 bits per heavy atom. The van der Waals surface area contributed by atoms with Crippen molar-refractivity contribution in [2.24, 2.45) is 41.4 Å². The quantitative estimate of drug-likeness (QED) is 0.541. The number of rotatable bonds is 2. The highest BCUT2D eigenvalue weighted by Gasteiger charge is 2.40. The molecule has 7 atom stereocenters. The summed E-state index contributed by atoms with van der Waals surface area (Å²) < 4.78 is 0. The van der Waals surface area contributed by atoms with Crippen LogP contribution < -0.4 is 0 Å². The molecule has 2 rings (SSSR count). The van der Waals surface area contributed by atoms with Crippen molar-refractivity contribution in [3.05, 3.63) is 11.6 Å². The van der Waals surface area contributed by atoms with Crippen molar-refractivity contribution < 1.29 is 0 Å². The normalized spacial score (nSPS) is 47.9. The van der Waals surface area contributed by atoms with Gasteiger partial charge in [-0.05, 0) is 67.6 Å². The molecule has 0 heteroatoms. The van der Waals surface area contributed by atoms with E-state index in [0.29, 0.717) is 0 Å². The Morgan fingerprint density at radius 3 is 2.37 bits per heavy atom. The highest BCUT2D eigenvalue weighted by Crippen LogP contribution is 2.48. The summed E-state index contributed by atoms with van der Waals surface area (Å²) in [4.78, 5) is 0. The standard InChI is InChI=1S/C19H34/c1-7-17-15(5)9-13(3)11-19(17)18-10-12(2)8-14(4)16(18)6/h11-12,14-19H,7-10H2,1-6H3. The van der Waals surface area contributed by atoms with Gasteiger partial charge in [0.1, 0.15) is 0 Å². The average Bonchev–Trinajstić information content (AvgIpc) is 2.33. The van der Waals surface area contributed by atoms with Gasteiger partial charge in [0.15, 0.2) is 0 Å². The molecule has 19 heavy (non-hydrogen) atoms. The van der Waals surface area contributed by atoms with E-state index >= 15 is 0 Å². The third kappa shape index (κ3) is 3.09. The first-order valence-electron chi connectivity index (χ1n) is 8.61. The molecule has 0 aliphatic heterocycles. The minimum Gasteiger partial charge on any atom is -0.0819 e. The fourth-order valence-corrected chi connectivity index (χ4v) is 5.23. The van der Waals surface area contributed by atoms with Crippen LogP contribution in [0.3, 0.4) is 0 Å². The molecule has 0 aromatic heterocycles. The van der Waals surface area contributed by atoms with Crippen molar-refractivity contribution >= 4 is 0 Å². The van der Waals surface area contributed by atoms with E-state index in [-0.39, 0.29) is 0 Å². The maximum atomic E-state index is 2.67. The lowest BCUT2D eigenvalue weighted by atomic mass is 9.59. The second kappa shape index (κ2) is 6.02. The molecule has 1 saturated carbocycles. The van der Waals surface area contributed by atoms with Gasteiger partial charge in [0, 0.05) is 0 Å². The molecule has 0 N–H and O–H groups in total. The Kier molecular flexibility index (Phi) is 4.79. The molecule has 0 heterocycles. The highest BCUT2D eigenvalue weighted by molar-refractivity contribution is 5.11. The molecule has 0 radical (unpaired) electrons. The monoisotopic (exact) mass is 262 g/mol. The zero-order valence-electron chi connectivity index (χ0n) is 13.9. The summed E-state index contributed by atoms with van der Waals surface area (Å²) >= 11 is 0. The zero-order chi connectivity index (χ0) is 14.2. The Hall–Kier alpha value is -0.260. The summed E-state index contributed by atoms with van der Waals surface area (Å²) in [6, 6.07) is 0. The third-order valence-electron chi connectivity index (χ3n) is 6.33. The van der Waals surface area contributed by atoms with Gasteiger partial charge in [0.05, 0.1) is 0 Å². The van der Waals surface area contributed by atoms with Gasteiger partial charge in [0.25, 0.3) is 0 Å². The summed E-state index contributed by atoms with van der Waals surface area (Å²) in [6.07, 6.45) is 8.27. The summed E-state index contributed by atoms with van der Waals surface area (Å²) in [5.41, 5.74) is 1.65. The molecule has 0 spiro atoms. The van der Waals surface area contributed by atoms with E-state index in [9.17, 15) is 0 Å². The van der Waals surface area contributed by atoms with Gasteiger partial charge >= 0.3 is 0 Å². The van der Waals surface area contributed by atoms with Crippen LogP contribution in [-0.2, 0) is 0 Å². The lowest BCUT2D eigenvalue weighted by molar-refractivity contribution is 0.0609. The van der Waals surface area contributed by atoms with E-state index < -0.39 is 0 Å². The van der Waals surface area contributed by atoms with Crippen LogP contribution in [0.15, 0.2) is 11.6 Å². The summed E-state index contributed by atoms with van der Waals surface area (Å²) in [7, 11) is 0. The van der Waals surface area contributed by atoms with E-state index in [1.54, 1.807) is 5.57 Å². The lowest BCUT2D eigenvalue weighted by Crippen LogP contribution is -2.38. The third-order valence-corrected chi connectivity index (χ3v) is 6.33. The average molecular weight is 262 g/mol. The molecule has 0 aromatic carbocycles. The van der Waals surface area contributed by atoms with Gasteiger partial charge in [0.2, 0.25) is 0 Å². The van der Waals surface area contributed by atoms with Gasteiger partial charge in [-0.1, -0.05) is 52.7 Å². The second-order valence-corrected chi connectivity index (χ2v) is 7.92. The summed E-state index contributed by atoms with van der Waals surface area (Å²) in [5.74, 6) is 6.35. The molecule has 0 bridgehead atoms. The zero-order valence-corrected chi connectivity index (χ0v) is 13.9. The molecule has 110 valence electrons. The van der Waals surface area contributed by atoms with Crippen LogP contribution in [0.4, 0.5) is 0 Å². The van der Waals surface area contributed by atoms with Gasteiger partial charge in [-0.2, -0.15) is 0 Å². The fraction of sp³-hybridized carbons (Fsp3) is 0.895. The van der Waals surface area contributed by atoms with Crippen molar-refractivity contribution in [3.8, 4) is 0 Å². The van der Waals surface area contributed by atoms with Crippen LogP contribution in [0, 0.1) is 41.4 Å². The molecule has 0 saturated heterocycles. The smallest absolute Gasteiger partial charge is 0.0169 e. The lowest BCUT2D eigenvalue weighted by Gasteiger charge is -2.46. The Bertz CT molecular complexity index is 327. The van der Waals surface area contributed by atoms with Crippen LogP contribution in [-0.4, -0.2) is 0 Å². The van der Waals surface area contributed by atoms with Crippen LogP contribution in [0.25, 0.3) is 0 Å². The topological polar surface area (TPSA) is 0 Å².